The zero-order valence-electron chi connectivity index (χ0n) is 16.4. The normalized spacial score (nSPS) is 13.0. The van der Waals surface area contributed by atoms with Crippen LogP contribution in [-0.2, 0) is 11.3 Å². The maximum Gasteiger partial charge on any atom is 0.319 e. The molecule has 4 rings (SSSR count). The van der Waals surface area contributed by atoms with E-state index in [-0.39, 0.29) is 18.5 Å². The number of aryl methyl sites for hydroxylation is 1. The average Bonchev–Trinajstić information content (AvgIpc) is 3.45. The topological polar surface area (TPSA) is 104 Å². The fourth-order valence-corrected chi connectivity index (χ4v) is 3.23. The van der Waals surface area contributed by atoms with E-state index in [0.29, 0.717) is 28.0 Å². The number of benzene rings is 2. The molecule has 0 radical (unpaired) electrons. The summed E-state index contributed by atoms with van der Waals surface area (Å²) >= 11 is 5.30. The Labute approximate surface area is 178 Å². The first-order valence-electron chi connectivity index (χ1n) is 9.67. The first kappa shape index (κ1) is 19.8. The highest BCUT2D eigenvalue weighted by Gasteiger charge is 2.23. The van der Waals surface area contributed by atoms with Crippen molar-refractivity contribution < 1.29 is 9.59 Å². The Hall–Kier alpha value is -3.46. The molecule has 154 valence electrons. The highest BCUT2D eigenvalue weighted by Crippen LogP contribution is 2.20. The summed E-state index contributed by atoms with van der Waals surface area (Å²) in [6, 6.07) is 14.9. The lowest BCUT2D eigenvalue weighted by Crippen LogP contribution is -2.30. The van der Waals surface area contributed by atoms with Crippen LogP contribution < -0.4 is 16.0 Å². The standard InChI is InChI=1S/C21H22N6O2S/c1-13-3-2-4-14(11-13)19-25-26-21(30)27(19)12-18(28)22-15-5-7-16(8-6-15)23-20(29)24-17-9-10-17/h2-8,11,17H,9-10,12H2,1H3,(H,22,28)(H,26,30)(H2,23,24,29). The summed E-state index contributed by atoms with van der Waals surface area (Å²) in [5.74, 6) is 0.383. The van der Waals surface area contributed by atoms with Crippen LogP contribution >= 0.6 is 12.2 Å². The van der Waals surface area contributed by atoms with E-state index in [1.54, 1.807) is 28.8 Å². The maximum atomic E-state index is 12.6. The van der Waals surface area contributed by atoms with E-state index >= 15 is 0 Å². The Morgan fingerprint density at radius 2 is 1.83 bits per heavy atom. The molecule has 0 bridgehead atoms. The number of amides is 3. The highest BCUT2D eigenvalue weighted by atomic mass is 32.1. The molecule has 3 amide bonds. The maximum absolute atomic E-state index is 12.6. The highest BCUT2D eigenvalue weighted by molar-refractivity contribution is 7.71. The first-order valence-corrected chi connectivity index (χ1v) is 10.1. The van der Waals surface area contributed by atoms with Gasteiger partial charge in [-0.15, -0.1) is 0 Å². The summed E-state index contributed by atoms with van der Waals surface area (Å²) in [4.78, 5) is 24.4. The Bertz CT molecular complexity index is 1130. The van der Waals surface area contributed by atoms with Gasteiger partial charge in [0, 0.05) is 23.0 Å². The second-order valence-electron chi connectivity index (χ2n) is 7.31. The number of nitrogens with one attached hydrogen (secondary N) is 4. The number of nitrogens with zero attached hydrogens (tertiary/aromatic N) is 2. The summed E-state index contributed by atoms with van der Waals surface area (Å²) in [6.45, 7) is 2.03. The Balaban J connectivity index is 1.40. The summed E-state index contributed by atoms with van der Waals surface area (Å²) < 4.78 is 2.04. The van der Waals surface area contributed by atoms with Gasteiger partial charge in [-0.1, -0.05) is 23.8 Å². The van der Waals surface area contributed by atoms with Gasteiger partial charge in [0.2, 0.25) is 5.91 Å². The van der Waals surface area contributed by atoms with Crippen molar-refractivity contribution in [3.63, 3.8) is 0 Å². The second kappa shape index (κ2) is 8.50. The number of urea groups is 1. The van der Waals surface area contributed by atoms with Crippen LogP contribution in [0.5, 0.6) is 0 Å². The molecule has 4 N–H and O–H groups in total. The van der Waals surface area contributed by atoms with E-state index in [4.69, 9.17) is 12.2 Å². The van der Waals surface area contributed by atoms with Crippen LogP contribution in [0.25, 0.3) is 11.4 Å². The molecule has 1 saturated carbocycles. The Morgan fingerprint density at radius 3 is 2.50 bits per heavy atom. The SMILES string of the molecule is Cc1cccc(-c2n[nH]c(=S)n2CC(=O)Nc2ccc(NC(=O)NC3CC3)cc2)c1. The van der Waals surface area contributed by atoms with E-state index < -0.39 is 0 Å². The molecule has 0 atom stereocenters. The molecule has 0 spiro atoms. The van der Waals surface area contributed by atoms with Crippen molar-refractivity contribution in [2.75, 3.05) is 10.6 Å². The third kappa shape index (κ3) is 4.93. The van der Waals surface area contributed by atoms with Crippen molar-refractivity contribution in [3.8, 4) is 11.4 Å². The molecule has 9 heteroatoms. The Morgan fingerprint density at radius 1 is 1.13 bits per heavy atom. The molecular formula is C21H22N6O2S. The van der Waals surface area contributed by atoms with Crippen LogP contribution in [0.1, 0.15) is 18.4 Å². The number of rotatable bonds is 6. The third-order valence-electron chi connectivity index (χ3n) is 4.68. The van der Waals surface area contributed by atoms with E-state index in [2.05, 4.69) is 26.1 Å². The minimum Gasteiger partial charge on any atom is -0.335 e. The summed E-state index contributed by atoms with van der Waals surface area (Å²) in [7, 11) is 0. The molecule has 8 nitrogen and oxygen atoms in total. The van der Waals surface area contributed by atoms with Gasteiger partial charge in [-0.3, -0.25) is 14.5 Å². The van der Waals surface area contributed by atoms with Crippen molar-refractivity contribution >= 4 is 35.5 Å². The Kier molecular flexibility index (Phi) is 5.62. The fraction of sp³-hybridized carbons (Fsp3) is 0.238. The molecule has 1 aliphatic carbocycles. The third-order valence-corrected chi connectivity index (χ3v) is 4.99. The molecule has 0 aliphatic heterocycles. The molecule has 1 heterocycles. The van der Waals surface area contributed by atoms with Crippen molar-refractivity contribution in [2.45, 2.75) is 32.4 Å². The van der Waals surface area contributed by atoms with Gasteiger partial charge in [-0.2, -0.15) is 5.10 Å². The predicted octanol–water partition coefficient (Wildman–Crippen LogP) is 3.84. The first-order chi connectivity index (χ1) is 14.5. The smallest absolute Gasteiger partial charge is 0.319 e. The van der Waals surface area contributed by atoms with Gasteiger partial charge in [0.05, 0.1) is 0 Å². The van der Waals surface area contributed by atoms with Gasteiger partial charge < -0.3 is 16.0 Å². The van der Waals surface area contributed by atoms with Crippen molar-refractivity contribution in [3.05, 3.63) is 58.9 Å². The number of anilines is 2. The molecule has 2 aromatic carbocycles. The van der Waals surface area contributed by atoms with E-state index in [1.165, 1.54) is 0 Å². The van der Waals surface area contributed by atoms with Crippen LogP contribution in [0, 0.1) is 11.7 Å². The fourth-order valence-electron chi connectivity index (χ4n) is 3.03. The van der Waals surface area contributed by atoms with Crippen molar-refractivity contribution in [1.82, 2.24) is 20.1 Å². The van der Waals surface area contributed by atoms with Gasteiger partial charge in [-0.05, 0) is 62.3 Å². The lowest BCUT2D eigenvalue weighted by Gasteiger charge is -2.10. The minimum atomic E-state index is -0.228. The number of hydrogen-bond donors (Lipinski definition) is 4. The summed E-state index contributed by atoms with van der Waals surface area (Å²) in [5, 5.41) is 15.5. The number of carbonyl (C=O) groups excluding carboxylic acids is 2. The van der Waals surface area contributed by atoms with Crippen LogP contribution in [0.3, 0.4) is 0 Å². The summed E-state index contributed by atoms with van der Waals surface area (Å²) in [5.41, 5.74) is 3.26. The zero-order valence-corrected chi connectivity index (χ0v) is 17.3. The zero-order chi connectivity index (χ0) is 21.1. The number of hydrogen-bond acceptors (Lipinski definition) is 4. The lowest BCUT2D eigenvalue weighted by molar-refractivity contribution is -0.116. The van der Waals surface area contributed by atoms with Crippen LogP contribution in [0.15, 0.2) is 48.5 Å². The van der Waals surface area contributed by atoms with E-state index in [0.717, 1.165) is 24.0 Å². The van der Waals surface area contributed by atoms with Crippen LogP contribution in [0.4, 0.5) is 16.2 Å². The van der Waals surface area contributed by atoms with E-state index in [1.807, 2.05) is 31.2 Å². The largest absolute Gasteiger partial charge is 0.335 e. The predicted molar refractivity (Wildman–Crippen MR) is 118 cm³/mol. The number of H-pyrrole nitrogens is 1. The van der Waals surface area contributed by atoms with Crippen LogP contribution in [-0.4, -0.2) is 32.7 Å². The average molecular weight is 423 g/mol. The quantitative estimate of drug-likeness (QED) is 0.453. The van der Waals surface area contributed by atoms with Gasteiger partial charge >= 0.3 is 6.03 Å². The molecule has 0 saturated heterocycles. The number of aromatic nitrogens is 3. The molecule has 1 fully saturated rings. The van der Waals surface area contributed by atoms with Gasteiger partial charge in [0.25, 0.3) is 0 Å². The molecule has 1 aromatic heterocycles. The van der Waals surface area contributed by atoms with Crippen LogP contribution in [0.2, 0.25) is 0 Å². The number of aromatic amines is 1. The molecule has 0 unspecified atom stereocenters. The molecule has 1 aliphatic rings. The monoisotopic (exact) mass is 422 g/mol. The lowest BCUT2D eigenvalue weighted by atomic mass is 10.1. The van der Waals surface area contributed by atoms with Gasteiger partial charge in [0.15, 0.2) is 10.6 Å². The molecule has 30 heavy (non-hydrogen) atoms. The van der Waals surface area contributed by atoms with Gasteiger partial charge in [-0.25, -0.2) is 4.79 Å². The molecular weight excluding hydrogens is 400 g/mol. The van der Waals surface area contributed by atoms with E-state index in [9.17, 15) is 9.59 Å². The minimum absolute atomic E-state index is 0.0302. The second-order valence-corrected chi connectivity index (χ2v) is 7.69. The summed E-state index contributed by atoms with van der Waals surface area (Å²) in [6.07, 6.45) is 2.06. The molecule has 3 aromatic rings. The van der Waals surface area contributed by atoms with Gasteiger partial charge in [0.1, 0.15) is 6.54 Å². The van der Waals surface area contributed by atoms with Crippen molar-refractivity contribution in [2.24, 2.45) is 0 Å². The van der Waals surface area contributed by atoms with Crippen molar-refractivity contribution in [1.29, 1.82) is 0 Å². The number of carbonyl (C=O) groups is 2.